The number of aryl methyl sites for hydroxylation is 1. The average Bonchev–Trinajstić information content (AvgIpc) is 2.66. The monoisotopic (exact) mass is 354 g/mol. The lowest BCUT2D eigenvalue weighted by molar-refractivity contribution is 0.102. The second kappa shape index (κ2) is 7.69. The van der Waals surface area contributed by atoms with Crippen LogP contribution in [0.25, 0.3) is 0 Å². The molecule has 0 radical (unpaired) electrons. The van der Waals surface area contributed by atoms with E-state index in [2.05, 4.69) is 20.8 Å². The zero-order valence-corrected chi connectivity index (χ0v) is 14.0. The predicted molar refractivity (Wildman–Crippen MR) is 95.4 cm³/mol. The Bertz CT molecular complexity index is 909. The Balaban J connectivity index is 1.74. The number of amides is 1. The van der Waals surface area contributed by atoms with Crippen molar-refractivity contribution < 1.29 is 13.6 Å². The first kappa shape index (κ1) is 17.5. The third-order valence-corrected chi connectivity index (χ3v) is 3.76. The maximum absolute atomic E-state index is 13.6. The molecule has 26 heavy (non-hydrogen) atoms. The van der Waals surface area contributed by atoms with E-state index >= 15 is 0 Å². The van der Waals surface area contributed by atoms with Gasteiger partial charge in [0.1, 0.15) is 17.3 Å². The zero-order valence-electron chi connectivity index (χ0n) is 14.0. The van der Waals surface area contributed by atoms with E-state index in [1.807, 2.05) is 31.2 Å². The Morgan fingerprint density at radius 2 is 1.69 bits per heavy atom. The molecule has 0 saturated carbocycles. The SMILES string of the molecule is CCc1ccccc1Nc1ccc(C(=O)Nc2c(F)cccc2F)nn1. The van der Waals surface area contributed by atoms with Crippen molar-refractivity contribution in [2.75, 3.05) is 10.6 Å². The molecule has 0 spiro atoms. The Hall–Kier alpha value is -3.35. The first-order valence-corrected chi connectivity index (χ1v) is 8.02. The van der Waals surface area contributed by atoms with Crippen molar-refractivity contribution in [3.05, 3.63) is 77.5 Å². The van der Waals surface area contributed by atoms with Crippen molar-refractivity contribution in [3.8, 4) is 0 Å². The molecule has 0 aliphatic rings. The van der Waals surface area contributed by atoms with Crippen molar-refractivity contribution in [1.29, 1.82) is 0 Å². The molecule has 5 nitrogen and oxygen atoms in total. The number of para-hydroxylation sites is 2. The molecule has 0 fully saturated rings. The van der Waals surface area contributed by atoms with Crippen molar-refractivity contribution in [2.24, 2.45) is 0 Å². The minimum Gasteiger partial charge on any atom is -0.339 e. The summed E-state index contributed by atoms with van der Waals surface area (Å²) < 4.78 is 27.2. The summed E-state index contributed by atoms with van der Waals surface area (Å²) in [5.74, 6) is -2.01. The van der Waals surface area contributed by atoms with E-state index in [1.165, 1.54) is 12.1 Å². The molecule has 0 unspecified atom stereocenters. The summed E-state index contributed by atoms with van der Waals surface area (Å²) in [6.45, 7) is 2.04. The molecule has 0 aliphatic heterocycles. The first-order chi connectivity index (χ1) is 12.6. The van der Waals surface area contributed by atoms with Gasteiger partial charge in [0.2, 0.25) is 0 Å². The van der Waals surface area contributed by atoms with Gasteiger partial charge in [0.25, 0.3) is 5.91 Å². The molecule has 2 N–H and O–H groups in total. The molecule has 0 saturated heterocycles. The number of nitrogens with zero attached hydrogens (tertiary/aromatic N) is 2. The molecule has 1 aromatic heterocycles. The fourth-order valence-electron chi connectivity index (χ4n) is 2.40. The Morgan fingerprint density at radius 3 is 2.35 bits per heavy atom. The number of halogens is 2. The summed E-state index contributed by atoms with van der Waals surface area (Å²) in [5, 5.41) is 13.1. The summed E-state index contributed by atoms with van der Waals surface area (Å²) in [6, 6.07) is 14.1. The number of hydrogen-bond donors (Lipinski definition) is 2. The third-order valence-electron chi connectivity index (χ3n) is 3.76. The third kappa shape index (κ3) is 3.83. The molecule has 1 amide bonds. The van der Waals surface area contributed by atoms with Gasteiger partial charge >= 0.3 is 0 Å². The smallest absolute Gasteiger partial charge is 0.276 e. The second-order valence-electron chi connectivity index (χ2n) is 5.49. The number of rotatable bonds is 5. The van der Waals surface area contributed by atoms with Crippen molar-refractivity contribution >= 4 is 23.1 Å². The predicted octanol–water partition coefficient (Wildman–Crippen LogP) is 4.31. The van der Waals surface area contributed by atoms with E-state index in [9.17, 15) is 13.6 Å². The minimum atomic E-state index is -0.860. The van der Waals surface area contributed by atoms with Crippen LogP contribution in [0.3, 0.4) is 0 Å². The highest BCUT2D eigenvalue weighted by Crippen LogP contribution is 2.21. The molecule has 0 bridgehead atoms. The molecule has 1 heterocycles. The standard InChI is InChI=1S/C19H16F2N4O/c1-2-12-6-3-4-9-15(12)22-17-11-10-16(24-25-17)19(26)23-18-13(20)7-5-8-14(18)21/h3-11H,2H2,1H3,(H,22,25)(H,23,26). The average molecular weight is 354 g/mol. The Morgan fingerprint density at radius 1 is 0.962 bits per heavy atom. The van der Waals surface area contributed by atoms with Gasteiger partial charge in [0, 0.05) is 5.69 Å². The highest BCUT2D eigenvalue weighted by atomic mass is 19.1. The van der Waals surface area contributed by atoms with Gasteiger partial charge in [-0.15, -0.1) is 10.2 Å². The molecule has 132 valence electrons. The number of hydrogen-bond acceptors (Lipinski definition) is 4. The quantitative estimate of drug-likeness (QED) is 0.716. The zero-order chi connectivity index (χ0) is 18.5. The van der Waals surface area contributed by atoms with Crippen LogP contribution in [0.4, 0.5) is 26.0 Å². The van der Waals surface area contributed by atoms with Gasteiger partial charge < -0.3 is 10.6 Å². The van der Waals surface area contributed by atoms with E-state index < -0.39 is 23.2 Å². The van der Waals surface area contributed by atoms with Crippen LogP contribution in [0.2, 0.25) is 0 Å². The van der Waals surface area contributed by atoms with Crippen LogP contribution >= 0.6 is 0 Å². The van der Waals surface area contributed by atoms with Crippen LogP contribution in [0.15, 0.2) is 54.6 Å². The molecule has 3 rings (SSSR count). The van der Waals surface area contributed by atoms with Gasteiger partial charge in [0.15, 0.2) is 11.5 Å². The van der Waals surface area contributed by atoms with E-state index in [0.29, 0.717) is 5.82 Å². The molecule has 0 aliphatic carbocycles. The van der Waals surface area contributed by atoms with Crippen LogP contribution in [0.5, 0.6) is 0 Å². The fourth-order valence-corrected chi connectivity index (χ4v) is 2.40. The fraction of sp³-hybridized carbons (Fsp3) is 0.105. The number of nitrogens with one attached hydrogen (secondary N) is 2. The van der Waals surface area contributed by atoms with Crippen molar-refractivity contribution in [3.63, 3.8) is 0 Å². The number of carbonyl (C=O) groups excluding carboxylic acids is 1. The van der Waals surface area contributed by atoms with E-state index in [0.717, 1.165) is 29.8 Å². The van der Waals surface area contributed by atoms with Gasteiger partial charge in [-0.2, -0.15) is 0 Å². The molecular weight excluding hydrogens is 338 g/mol. The number of carbonyl (C=O) groups is 1. The normalized spacial score (nSPS) is 10.4. The molecule has 0 atom stereocenters. The minimum absolute atomic E-state index is 0.0537. The summed E-state index contributed by atoms with van der Waals surface area (Å²) >= 11 is 0. The maximum atomic E-state index is 13.6. The number of aromatic nitrogens is 2. The molecule has 2 aromatic carbocycles. The number of anilines is 3. The largest absolute Gasteiger partial charge is 0.339 e. The van der Waals surface area contributed by atoms with Crippen LogP contribution in [-0.4, -0.2) is 16.1 Å². The lowest BCUT2D eigenvalue weighted by Crippen LogP contribution is -2.16. The second-order valence-corrected chi connectivity index (χ2v) is 5.49. The Kier molecular flexibility index (Phi) is 5.17. The van der Waals surface area contributed by atoms with Gasteiger partial charge in [0.05, 0.1) is 0 Å². The van der Waals surface area contributed by atoms with Crippen LogP contribution < -0.4 is 10.6 Å². The van der Waals surface area contributed by atoms with E-state index in [1.54, 1.807) is 6.07 Å². The Labute approximate surface area is 149 Å². The molecular formula is C19H16F2N4O. The van der Waals surface area contributed by atoms with Crippen molar-refractivity contribution in [1.82, 2.24) is 10.2 Å². The molecule has 3 aromatic rings. The van der Waals surface area contributed by atoms with Crippen LogP contribution in [0, 0.1) is 11.6 Å². The lowest BCUT2D eigenvalue weighted by Gasteiger charge is -2.10. The van der Waals surface area contributed by atoms with Crippen LogP contribution in [-0.2, 0) is 6.42 Å². The molecule has 7 heteroatoms. The number of benzene rings is 2. The summed E-state index contributed by atoms with van der Waals surface area (Å²) in [5.41, 5.74) is 1.45. The van der Waals surface area contributed by atoms with Gasteiger partial charge in [-0.05, 0) is 42.3 Å². The topological polar surface area (TPSA) is 66.9 Å². The van der Waals surface area contributed by atoms with Gasteiger partial charge in [-0.3, -0.25) is 4.79 Å². The highest BCUT2D eigenvalue weighted by Gasteiger charge is 2.15. The summed E-state index contributed by atoms with van der Waals surface area (Å²) in [6.07, 6.45) is 0.852. The van der Waals surface area contributed by atoms with E-state index in [-0.39, 0.29) is 5.69 Å². The maximum Gasteiger partial charge on any atom is 0.276 e. The van der Waals surface area contributed by atoms with Crippen molar-refractivity contribution in [2.45, 2.75) is 13.3 Å². The van der Waals surface area contributed by atoms with Gasteiger partial charge in [-0.25, -0.2) is 8.78 Å². The first-order valence-electron chi connectivity index (χ1n) is 8.02. The lowest BCUT2D eigenvalue weighted by atomic mass is 10.1. The van der Waals surface area contributed by atoms with E-state index in [4.69, 9.17) is 0 Å². The van der Waals surface area contributed by atoms with Crippen LogP contribution in [0.1, 0.15) is 23.0 Å². The highest BCUT2D eigenvalue weighted by molar-refractivity contribution is 6.02. The summed E-state index contributed by atoms with van der Waals surface area (Å²) in [4.78, 5) is 12.1. The summed E-state index contributed by atoms with van der Waals surface area (Å²) in [7, 11) is 0. The van der Waals surface area contributed by atoms with Gasteiger partial charge in [-0.1, -0.05) is 31.2 Å².